The first-order chi connectivity index (χ1) is 8.77. The molecule has 0 bridgehead atoms. The summed E-state index contributed by atoms with van der Waals surface area (Å²) in [5, 5.41) is 3.07. The molecule has 2 nitrogen and oxygen atoms in total. The number of carbonyl (C=O) groups excluding carboxylic acids is 1. The van der Waals surface area contributed by atoms with Crippen molar-refractivity contribution in [2.45, 2.75) is 45.1 Å². The van der Waals surface area contributed by atoms with Gasteiger partial charge in [0.05, 0.1) is 0 Å². The van der Waals surface area contributed by atoms with Gasteiger partial charge in [-0.05, 0) is 24.5 Å². The van der Waals surface area contributed by atoms with Crippen LogP contribution in [0.1, 0.15) is 44.1 Å². The molecule has 1 amide bonds. The second kappa shape index (κ2) is 6.93. The van der Waals surface area contributed by atoms with Gasteiger partial charge in [0, 0.05) is 16.9 Å². The van der Waals surface area contributed by atoms with Crippen LogP contribution in [0.4, 0.5) is 0 Å². The van der Waals surface area contributed by atoms with Gasteiger partial charge in [0.2, 0.25) is 5.91 Å². The summed E-state index contributed by atoms with van der Waals surface area (Å²) in [6.07, 6.45) is 7.09. The zero-order valence-electron chi connectivity index (χ0n) is 10.6. The van der Waals surface area contributed by atoms with E-state index in [-0.39, 0.29) is 11.8 Å². The van der Waals surface area contributed by atoms with Crippen LogP contribution in [-0.4, -0.2) is 5.91 Å². The zero-order chi connectivity index (χ0) is 12.8. The first-order valence-electron chi connectivity index (χ1n) is 6.78. The molecule has 0 aliphatic heterocycles. The number of hydrogen-bond donors (Lipinski definition) is 1. The second-order valence-electron chi connectivity index (χ2n) is 5.00. The molecule has 0 unspecified atom stereocenters. The molecule has 0 atom stereocenters. The Labute approximate surface area is 117 Å². The first kappa shape index (κ1) is 13.6. The molecule has 0 radical (unpaired) electrons. The lowest BCUT2D eigenvalue weighted by Gasteiger charge is -2.14. The van der Waals surface area contributed by atoms with E-state index in [1.54, 1.807) is 0 Å². The SMILES string of the molecule is O=C(NCc1ccccc1Br)C1CCCCCC1. The Morgan fingerprint density at radius 2 is 1.83 bits per heavy atom. The zero-order valence-corrected chi connectivity index (χ0v) is 12.2. The minimum Gasteiger partial charge on any atom is -0.352 e. The summed E-state index contributed by atoms with van der Waals surface area (Å²) in [5.41, 5.74) is 1.14. The highest BCUT2D eigenvalue weighted by molar-refractivity contribution is 9.10. The highest BCUT2D eigenvalue weighted by atomic mass is 79.9. The molecular formula is C15H20BrNO. The van der Waals surface area contributed by atoms with Gasteiger partial charge in [-0.2, -0.15) is 0 Å². The molecule has 0 saturated heterocycles. The van der Waals surface area contributed by atoms with Gasteiger partial charge in [0.1, 0.15) is 0 Å². The molecule has 1 aromatic rings. The van der Waals surface area contributed by atoms with Gasteiger partial charge in [0.25, 0.3) is 0 Å². The maximum atomic E-state index is 12.1. The maximum absolute atomic E-state index is 12.1. The third-order valence-electron chi connectivity index (χ3n) is 3.64. The number of hydrogen-bond acceptors (Lipinski definition) is 1. The van der Waals surface area contributed by atoms with Crippen molar-refractivity contribution in [3.8, 4) is 0 Å². The average Bonchev–Trinajstić information content (AvgIpc) is 2.66. The van der Waals surface area contributed by atoms with E-state index in [1.165, 1.54) is 25.7 Å². The molecule has 18 heavy (non-hydrogen) atoms. The van der Waals surface area contributed by atoms with Crippen molar-refractivity contribution in [2.75, 3.05) is 0 Å². The summed E-state index contributed by atoms with van der Waals surface area (Å²) in [6.45, 7) is 0.622. The molecule has 2 rings (SSSR count). The van der Waals surface area contributed by atoms with E-state index in [1.807, 2.05) is 24.3 Å². The molecule has 0 spiro atoms. The first-order valence-corrected chi connectivity index (χ1v) is 7.58. The van der Waals surface area contributed by atoms with E-state index in [0.717, 1.165) is 22.9 Å². The summed E-state index contributed by atoms with van der Waals surface area (Å²) in [5.74, 6) is 0.461. The Morgan fingerprint density at radius 3 is 2.50 bits per heavy atom. The lowest BCUT2D eigenvalue weighted by molar-refractivity contribution is -0.125. The number of carbonyl (C=O) groups is 1. The van der Waals surface area contributed by atoms with Crippen LogP contribution in [0, 0.1) is 5.92 Å². The number of benzene rings is 1. The molecule has 1 N–H and O–H groups in total. The second-order valence-corrected chi connectivity index (χ2v) is 5.85. The number of halogens is 1. The van der Waals surface area contributed by atoms with Crippen LogP contribution in [0.3, 0.4) is 0 Å². The van der Waals surface area contributed by atoms with Crippen molar-refractivity contribution in [3.63, 3.8) is 0 Å². The van der Waals surface area contributed by atoms with Crippen LogP contribution in [0.25, 0.3) is 0 Å². The highest BCUT2D eigenvalue weighted by Crippen LogP contribution is 2.23. The van der Waals surface area contributed by atoms with E-state index in [9.17, 15) is 4.79 Å². The Bertz CT molecular complexity index is 397. The fourth-order valence-electron chi connectivity index (χ4n) is 2.51. The minimum atomic E-state index is 0.229. The molecule has 1 aliphatic rings. The van der Waals surface area contributed by atoms with Crippen molar-refractivity contribution in [1.82, 2.24) is 5.32 Å². The molecule has 0 aromatic heterocycles. The fourth-order valence-corrected chi connectivity index (χ4v) is 2.93. The van der Waals surface area contributed by atoms with Crippen LogP contribution in [0.2, 0.25) is 0 Å². The minimum absolute atomic E-state index is 0.229. The lowest BCUT2D eigenvalue weighted by Crippen LogP contribution is -2.30. The predicted octanol–water partition coefficient (Wildman–Crippen LogP) is 4.04. The number of nitrogens with one attached hydrogen (secondary N) is 1. The lowest BCUT2D eigenvalue weighted by atomic mass is 9.99. The Balaban J connectivity index is 1.86. The summed E-state index contributed by atoms with van der Waals surface area (Å²) in [7, 11) is 0. The average molecular weight is 310 g/mol. The third-order valence-corrected chi connectivity index (χ3v) is 4.41. The van der Waals surface area contributed by atoms with E-state index >= 15 is 0 Å². The molecular weight excluding hydrogens is 290 g/mol. The standard InChI is InChI=1S/C15H20BrNO/c16-14-10-6-5-9-13(14)11-17-15(18)12-7-3-1-2-4-8-12/h5-6,9-10,12H,1-4,7-8,11H2,(H,17,18). The summed E-state index contributed by atoms with van der Waals surface area (Å²) in [6, 6.07) is 8.03. The van der Waals surface area contributed by atoms with Gasteiger partial charge < -0.3 is 5.32 Å². The Kier molecular flexibility index (Phi) is 5.24. The van der Waals surface area contributed by atoms with Gasteiger partial charge in [0.15, 0.2) is 0 Å². The van der Waals surface area contributed by atoms with E-state index in [2.05, 4.69) is 21.2 Å². The van der Waals surface area contributed by atoms with Gasteiger partial charge in [-0.25, -0.2) is 0 Å². The van der Waals surface area contributed by atoms with Crippen LogP contribution in [0.5, 0.6) is 0 Å². The molecule has 98 valence electrons. The fraction of sp³-hybridized carbons (Fsp3) is 0.533. The van der Waals surface area contributed by atoms with Crippen molar-refractivity contribution in [3.05, 3.63) is 34.3 Å². The molecule has 1 saturated carbocycles. The molecule has 1 fully saturated rings. The summed E-state index contributed by atoms with van der Waals surface area (Å²) in [4.78, 5) is 12.1. The van der Waals surface area contributed by atoms with Crippen LogP contribution < -0.4 is 5.32 Å². The Hall–Kier alpha value is -0.830. The Morgan fingerprint density at radius 1 is 1.17 bits per heavy atom. The highest BCUT2D eigenvalue weighted by Gasteiger charge is 2.19. The van der Waals surface area contributed by atoms with Gasteiger partial charge >= 0.3 is 0 Å². The number of rotatable bonds is 3. The molecule has 1 aromatic carbocycles. The smallest absolute Gasteiger partial charge is 0.223 e. The monoisotopic (exact) mass is 309 g/mol. The van der Waals surface area contributed by atoms with Gasteiger partial charge in [-0.15, -0.1) is 0 Å². The van der Waals surface area contributed by atoms with Crippen molar-refractivity contribution >= 4 is 21.8 Å². The van der Waals surface area contributed by atoms with Crippen molar-refractivity contribution in [1.29, 1.82) is 0 Å². The largest absolute Gasteiger partial charge is 0.352 e. The van der Waals surface area contributed by atoms with Crippen molar-refractivity contribution < 1.29 is 4.79 Å². The van der Waals surface area contributed by atoms with Crippen molar-refractivity contribution in [2.24, 2.45) is 5.92 Å². The quantitative estimate of drug-likeness (QED) is 0.839. The predicted molar refractivity (Wildman–Crippen MR) is 77.2 cm³/mol. The summed E-state index contributed by atoms with van der Waals surface area (Å²) < 4.78 is 1.06. The molecule has 3 heteroatoms. The van der Waals surface area contributed by atoms with Crippen LogP contribution in [0.15, 0.2) is 28.7 Å². The third kappa shape index (κ3) is 3.84. The van der Waals surface area contributed by atoms with Crippen LogP contribution in [-0.2, 0) is 11.3 Å². The molecule has 1 aliphatic carbocycles. The van der Waals surface area contributed by atoms with Crippen LogP contribution >= 0.6 is 15.9 Å². The maximum Gasteiger partial charge on any atom is 0.223 e. The summed E-state index contributed by atoms with van der Waals surface area (Å²) >= 11 is 3.50. The normalized spacial score (nSPS) is 17.2. The van der Waals surface area contributed by atoms with E-state index in [4.69, 9.17) is 0 Å². The van der Waals surface area contributed by atoms with E-state index < -0.39 is 0 Å². The van der Waals surface area contributed by atoms with Gasteiger partial charge in [-0.3, -0.25) is 4.79 Å². The molecule has 0 heterocycles. The van der Waals surface area contributed by atoms with E-state index in [0.29, 0.717) is 6.54 Å². The number of amides is 1. The van der Waals surface area contributed by atoms with Gasteiger partial charge in [-0.1, -0.05) is 59.8 Å². The topological polar surface area (TPSA) is 29.1 Å².